The maximum Gasteiger partial charge on any atom is 0.169 e. The van der Waals surface area contributed by atoms with Crippen molar-refractivity contribution in [2.75, 3.05) is 6.61 Å². The van der Waals surface area contributed by atoms with Crippen molar-refractivity contribution >= 4 is 11.6 Å². The third-order valence-electron chi connectivity index (χ3n) is 2.81. The van der Waals surface area contributed by atoms with Gasteiger partial charge < -0.3 is 14.6 Å². The Hall–Kier alpha value is -1.71. The quantitative estimate of drug-likeness (QED) is 0.876. The molecule has 2 aromatic rings. The lowest BCUT2D eigenvalue weighted by molar-refractivity contribution is 0.199. The maximum atomic E-state index is 9.52. The zero-order valence-electron chi connectivity index (χ0n) is 11.5. The first-order valence-electron chi connectivity index (χ1n) is 6.49. The first-order chi connectivity index (χ1) is 9.61. The minimum Gasteiger partial charge on any atom is -0.490 e. The van der Waals surface area contributed by atoms with Gasteiger partial charge in [-0.1, -0.05) is 29.8 Å². The van der Waals surface area contributed by atoms with E-state index in [4.69, 9.17) is 21.1 Å². The number of halogens is 1. The fraction of sp³-hybridized carbons (Fsp3) is 0.250. The van der Waals surface area contributed by atoms with Gasteiger partial charge in [0, 0.05) is 0 Å². The monoisotopic (exact) mass is 292 g/mol. The Labute approximate surface area is 123 Å². The minimum absolute atomic E-state index is 0.453. The highest BCUT2D eigenvalue weighted by molar-refractivity contribution is 6.32. The summed E-state index contributed by atoms with van der Waals surface area (Å²) in [6, 6.07) is 12.7. The van der Waals surface area contributed by atoms with Crippen LogP contribution in [0.15, 0.2) is 42.5 Å². The van der Waals surface area contributed by atoms with Crippen LogP contribution in [0.2, 0.25) is 5.02 Å². The van der Waals surface area contributed by atoms with Crippen LogP contribution in [0.4, 0.5) is 0 Å². The van der Waals surface area contributed by atoms with Gasteiger partial charge in [0.1, 0.15) is 5.75 Å². The summed E-state index contributed by atoms with van der Waals surface area (Å²) in [4.78, 5) is 0. The van der Waals surface area contributed by atoms with Crippen molar-refractivity contribution < 1.29 is 14.6 Å². The van der Waals surface area contributed by atoms with Gasteiger partial charge in [-0.25, -0.2) is 0 Å². The van der Waals surface area contributed by atoms with Crippen molar-refractivity contribution in [1.82, 2.24) is 0 Å². The third-order valence-corrected chi connectivity index (χ3v) is 3.10. The average molecular weight is 293 g/mol. The molecule has 20 heavy (non-hydrogen) atoms. The van der Waals surface area contributed by atoms with E-state index in [0.29, 0.717) is 28.9 Å². The Morgan fingerprint density at radius 3 is 2.40 bits per heavy atom. The van der Waals surface area contributed by atoms with Crippen molar-refractivity contribution in [3.8, 4) is 17.2 Å². The summed E-state index contributed by atoms with van der Waals surface area (Å²) >= 11 is 6.18. The van der Waals surface area contributed by atoms with Crippen LogP contribution < -0.4 is 9.47 Å². The van der Waals surface area contributed by atoms with Crippen LogP contribution in [0.3, 0.4) is 0 Å². The molecule has 2 rings (SSSR count). The van der Waals surface area contributed by atoms with Crippen LogP contribution in [0.1, 0.15) is 25.5 Å². The van der Waals surface area contributed by atoms with Crippen LogP contribution >= 0.6 is 11.6 Å². The van der Waals surface area contributed by atoms with Gasteiger partial charge >= 0.3 is 0 Å². The van der Waals surface area contributed by atoms with Crippen molar-refractivity contribution in [3.05, 3.63) is 53.1 Å². The van der Waals surface area contributed by atoms with Gasteiger partial charge in [0.15, 0.2) is 11.5 Å². The zero-order chi connectivity index (χ0) is 14.5. The molecule has 0 spiro atoms. The van der Waals surface area contributed by atoms with Gasteiger partial charge in [0.05, 0.1) is 17.7 Å². The lowest BCUT2D eigenvalue weighted by Gasteiger charge is -2.13. The van der Waals surface area contributed by atoms with E-state index in [1.807, 2.05) is 31.2 Å². The Balaban J connectivity index is 2.26. The number of ether oxygens (including phenoxy) is 2. The lowest BCUT2D eigenvalue weighted by Crippen LogP contribution is -1.96. The average Bonchev–Trinajstić information content (AvgIpc) is 2.43. The molecule has 0 unspecified atom stereocenters. The van der Waals surface area contributed by atoms with Crippen LogP contribution in [0.5, 0.6) is 17.2 Å². The number of benzene rings is 2. The minimum atomic E-state index is -0.558. The summed E-state index contributed by atoms with van der Waals surface area (Å²) in [7, 11) is 0. The fourth-order valence-electron chi connectivity index (χ4n) is 1.79. The van der Waals surface area contributed by atoms with Crippen LogP contribution in [-0.2, 0) is 0 Å². The van der Waals surface area contributed by atoms with Gasteiger partial charge in [0.25, 0.3) is 0 Å². The number of aliphatic hydroxyl groups is 1. The highest BCUT2D eigenvalue weighted by atomic mass is 35.5. The van der Waals surface area contributed by atoms with Gasteiger partial charge in [0.2, 0.25) is 0 Å². The molecule has 0 heterocycles. The molecule has 3 nitrogen and oxygen atoms in total. The fourth-order valence-corrected chi connectivity index (χ4v) is 2.01. The van der Waals surface area contributed by atoms with E-state index in [0.717, 1.165) is 5.56 Å². The van der Waals surface area contributed by atoms with Gasteiger partial charge in [-0.05, 0) is 43.7 Å². The van der Waals surface area contributed by atoms with E-state index in [9.17, 15) is 5.11 Å². The molecule has 1 N–H and O–H groups in total. The van der Waals surface area contributed by atoms with Gasteiger partial charge in [-0.3, -0.25) is 0 Å². The summed E-state index contributed by atoms with van der Waals surface area (Å²) in [6.45, 7) is 4.17. The van der Waals surface area contributed by atoms with Crippen LogP contribution in [0, 0.1) is 0 Å². The van der Waals surface area contributed by atoms with Crippen molar-refractivity contribution in [2.45, 2.75) is 20.0 Å². The Kier molecular flexibility index (Phi) is 4.88. The van der Waals surface area contributed by atoms with Crippen molar-refractivity contribution in [1.29, 1.82) is 0 Å². The van der Waals surface area contributed by atoms with Gasteiger partial charge in [-0.15, -0.1) is 0 Å². The van der Waals surface area contributed by atoms with E-state index in [1.54, 1.807) is 25.1 Å². The molecule has 106 valence electrons. The van der Waals surface area contributed by atoms with Crippen molar-refractivity contribution in [2.24, 2.45) is 0 Å². The number of hydrogen-bond donors (Lipinski definition) is 1. The molecule has 0 saturated heterocycles. The largest absolute Gasteiger partial charge is 0.490 e. The Morgan fingerprint density at radius 2 is 1.80 bits per heavy atom. The summed E-state index contributed by atoms with van der Waals surface area (Å²) < 4.78 is 11.3. The molecule has 0 fully saturated rings. The van der Waals surface area contributed by atoms with E-state index in [1.165, 1.54) is 0 Å². The lowest BCUT2D eigenvalue weighted by atomic mass is 10.1. The second-order valence-corrected chi connectivity index (χ2v) is 4.75. The Bertz CT molecular complexity index is 582. The second kappa shape index (κ2) is 6.64. The molecule has 0 aliphatic heterocycles. The number of hydrogen-bond acceptors (Lipinski definition) is 3. The smallest absolute Gasteiger partial charge is 0.169 e. The molecule has 1 atom stereocenters. The summed E-state index contributed by atoms with van der Waals surface area (Å²) in [5, 5.41) is 9.98. The molecule has 2 aromatic carbocycles. The predicted molar refractivity (Wildman–Crippen MR) is 79.8 cm³/mol. The molecule has 0 saturated carbocycles. The molecule has 0 aliphatic rings. The summed E-state index contributed by atoms with van der Waals surface area (Å²) in [5.41, 5.74) is 0.750. The van der Waals surface area contributed by atoms with E-state index in [-0.39, 0.29) is 0 Å². The molecule has 0 radical (unpaired) electrons. The molecule has 0 aromatic heterocycles. The SMILES string of the molecule is CCOc1ccccc1Oc1ccc([C@H](C)O)cc1Cl. The first-order valence-corrected chi connectivity index (χ1v) is 6.86. The highest BCUT2D eigenvalue weighted by Crippen LogP contribution is 2.36. The van der Waals surface area contributed by atoms with Crippen molar-refractivity contribution in [3.63, 3.8) is 0 Å². The second-order valence-electron chi connectivity index (χ2n) is 4.35. The topological polar surface area (TPSA) is 38.7 Å². The predicted octanol–water partition coefficient (Wildman–Crippen LogP) is 4.58. The molecule has 4 heteroatoms. The summed E-state index contributed by atoms with van der Waals surface area (Å²) in [5.74, 6) is 1.81. The normalized spacial score (nSPS) is 12.0. The van der Waals surface area contributed by atoms with E-state index >= 15 is 0 Å². The number of aliphatic hydroxyl groups excluding tert-OH is 1. The third kappa shape index (κ3) is 3.44. The van der Waals surface area contributed by atoms with Crippen LogP contribution in [0.25, 0.3) is 0 Å². The zero-order valence-corrected chi connectivity index (χ0v) is 12.2. The maximum absolute atomic E-state index is 9.52. The van der Waals surface area contributed by atoms with Crippen LogP contribution in [-0.4, -0.2) is 11.7 Å². The molecule has 0 aliphatic carbocycles. The highest BCUT2D eigenvalue weighted by Gasteiger charge is 2.10. The molecule has 0 amide bonds. The number of para-hydroxylation sites is 2. The summed E-state index contributed by atoms with van der Waals surface area (Å²) in [6.07, 6.45) is -0.558. The van der Waals surface area contributed by atoms with E-state index in [2.05, 4.69) is 0 Å². The first kappa shape index (κ1) is 14.7. The molecular weight excluding hydrogens is 276 g/mol. The van der Waals surface area contributed by atoms with E-state index < -0.39 is 6.10 Å². The Morgan fingerprint density at radius 1 is 1.10 bits per heavy atom. The molecule has 0 bridgehead atoms. The standard InChI is InChI=1S/C16H17ClO3/c1-3-19-15-6-4-5-7-16(15)20-14-9-8-12(11(2)18)10-13(14)17/h4-11,18H,3H2,1-2H3/t11-/m0/s1. The molecular formula is C16H17ClO3. The van der Waals surface area contributed by atoms with Gasteiger partial charge in [-0.2, -0.15) is 0 Å². The number of rotatable bonds is 5.